The van der Waals surface area contributed by atoms with Crippen LogP contribution in [0.1, 0.15) is 6.92 Å². The normalized spacial score (nSPS) is 11.3. The van der Waals surface area contributed by atoms with E-state index in [1.165, 1.54) is 12.1 Å². The maximum atomic E-state index is 10.2. The molecule has 0 spiro atoms. The minimum Gasteiger partial charge on any atom is -0.480 e. The topological polar surface area (TPSA) is 92.8 Å². The minimum atomic E-state index is -1.09. The number of benzene rings is 1. The molecule has 0 aromatic heterocycles. The van der Waals surface area contributed by atoms with Crippen LogP contribution < -0.4 is 10.5 Å². The Bertz CT molecular complexity index is 427. The molecule has 1 unspecified atom stereocenters. The van der Waals surface area contributed by atoms with Gasteiger partial charge in [-0.05, 0) is 13.0 Å². The molecule has 5 nitrogen and oxygen atoms in total. The number of rotatable bonds is 4. The van der Waals surface area contributed by atoms with E-state index in [9.17, 15) is 4.79 Å². The van der Waals surface area contributed by atoms with Gasteiger partial charge in [-0.15, -0.1) is 0 Å². The van der Waals surface area contributed by atoms with E-state index in [1.807, 2.05) is 0 Å². The van der Waals surface area contributed by atoms with Crippen molar-refractivity contribution >= 4 is 40.8 Å². The van der Waals surface area contributed by atoms with Crippen molar-refractivity contribution in [1.29, 1.82) is 0 Å². The molecule has 1 aromatic rings. The second-order valence-corrected chi connectivity index (χ2v) is 4.69. The first-order chi connectivity index (χ1) is 8.77. The summed E-state index contributed by atoms with van der Waals surface area (Å²) in [6.07, 6.45) is -0.338. The first-order valence-electron chi connectivity index (χ1n) is 5.15. The highest BCUT2D eigenvalue weighted by molar-refractivity contribution is 6.43. The Hall–Kier alpha value is -0.720. The van der Waals surface area contributed by atoms with Gasteiger partial charge in [0.25, 0.3) is 0 Å². The van der Waals surface area contributed by atoms with E-state index >= 15 is 0 Å². The monoisotopic (exact) mass is 329 g/mol. The number of nitrogens with two attached hydrogens (primary N) is 1. The molecule has 1 aromatic carbocycles. The Labute approximate surface area is 125 Å². The highest BCUT2D eigenvalue weighted by Crippen LogP contribution is 2.33. The van der Waals surface area contributed by atoms with Gasteiger partial charge in [0.1, 0.15) is 5.75 Å². The number of halogens is 3. The summed E-state index contributed by atoms with van der Waals surface area (Å²) in [5.41, 5.74) is 4.92. The van der Waals surface area contributed by atoms with Crippen molar-refractivity contribution in [3.8, 4) is 5.75 Å². The van der Waals surface area contributed by atoms with Gasteiger partial charge in [-0.25, -0.2) is 4.79 Å². The van der Waals surface area contributed by atoms with Crippen LogP contribution in [-0.2, 0) is 4.79 Å². The molecule has 0 aliphatic heterocycles. The Morgan fingerprint density at radius 3 is 2.21 bits per heavy atom. The predicted molar refractivity (Wildman–Crippen MR) is 75.3 cm³/mol. The zero-order valence-corrected chi connectivity index (χ0v) is 12.3. The van der Waals surface area contributed by atoms with Crippen LogP contribution in [0.3, 0.4) is 0 Å². The van der Waals surface area contributed by atoms with Gasteiger partial charge >= 0.3 is 5.97 Å². The number of carbonyl (C=O) groups is 1. The van der Waals surface area contributed by atoms with Gasteiger partial charge in [0.05, 0.1) is 21.2 Å². The lowest BCUT2D eigenvalue weighted by Crippen LogP contribution is -2.14. The molecular weight excluding hydrogens is 316 g/mol. The molecule has 0 saturated heterocycles. The van der Waals surface area contributed by atoms with Gasteiger partial charge in [-0.1, -0.05) is 34.8 Å². The number of carboxylic acid groups (broad SMARTS) is 1. The van der Waals surface area contributed by atoms with E-state index in [0.29, 0.717) is 11.6 Å². The lowest BCUT2D eigenvalue weighted by molar-refractivity contribution is -0.139. The standard InChI is InChI=1S/C8H5Cl3O3.C3H9NO/c9-4-1-6(11)7(2-5(4)10)14-3-8(12)13;1-3(5)2-4/h1-2H,3H2,(H,12,13);3,5H,2,4H2,1H3. The third-order valence-electron chi connectivity index (χ3n) is 1.67. The maximum Gasteiger partial charge on any atom is 0.341 e. The quantitative estimate of drug-likeness (QED) is 0.737. The van der Waals surface area contributed by atoms with Crippen LogP contribution in [0, 0.1) is 0 Å². The largest absolute Gasteiger partial charge is 0.480 e. The van der Waals surface area contributed by atoms with E-state index in [2.05, 4.69) is 0 Å². The number of aliphatic hydroxyl groups excluding tert-OH is 1. The van der Waals surface area contributed by atoms with Crippen LogP contribution in [-0.4, -0.2) is 35.4 Å². The Balaban J connectivity index is 0.000000555. The molecule has 108 valence electrons. The number of ether oxygens (including phenoxy) is 1. The molecule has 0 saturated carbocycles. The van der Waals surface area contributed by atoms with E-state index in [4.69, 9.17) is 55.5 Å². The molecule has 1 rings (SSSR count). The highest BCUT2D eigenvalue weighted by atomic mass is 35.5. The fraction of sp³-hybridized carbons (Fsp3) is 0.364. The van der Waals surface area contributed by atoms with Crippen molar-refractivity contribution in [2.24, 2.45) is 5.73 Å². The highest BCUT2D eigenvalue weighted by Gasteiger charge is 2.08. The fourth-order valence-corrected chi connectivity index (χ4v) is 1.35. The van der Waals surface area contributed by atoms with Crippen LogP contribution in [0.2, 0.25) is 15.1 Å². The average molecular weight is 331 g/mol. The van der Waals surface area contributed by atoms with E-state index in [1.54, 1.807) is 6.92 Å². The molecule has 0 bridgehead atoms. The van der Waals surface area contributed by atoms with Gasteiger partial charge in [-0.2, -0.15) is 0 Å². The van der Waals surface area contributed by atoms with E-state index in [0.717, 1.165) is 0 Å². The van der Waals surface area contributed by atoms with Crippen molar-refractivity contribution in [1.82, 2.24) is 0 Å². The lowest BCUT2D eigenvalue weighted by atomic mass is 10.3. The molecule has 0 amide bonds. The molecule has 4 N–H and O–H groups in total. The fourth-order valence-electron chi connectivity index (χ4n) is 0.754. The minimum absolute atomic E-state index is 0.198. The van der Waals surface area contributed by atoms with Crippen molar-refractivity contribution < 1.29 is 19.7 Å². The van der Waals surface area contributed by atoms with Crippen LogP contribution in [0.15, 0.2) is 12.1 Å². The second-order valence-electron chi connectivity index (χ2n) is 3.46. The summed E-state index contributed by atoms with van der Waals surface area (Å²) in [5, 5.41) is 17.4. The smallest absolute Gasteiger partial charge is 0.341 e. The van der Waals surface area contributed by atoms with Crippen LogP contribution in [0.5, 0.6) is 5.75 Å². The number of carboxylic acids is 1. The molecule has 0 radical (unpaired) electrons. The van der Waals surface area contributed by atoms with Gasteiger partial charge in [0.15, 0.2) is 6.61 Å². The Morgan fingerprint density at radius 2 is 1.79 bits per heavy atom. The second kappa shape index (κ2) is 9.23. The lowest BCUT2D eigenvalue weighted by Gasteiger charge is -2.06. The summed E-state index contributed by atoms with van der Waals surface area (Å²) in [4.78, 5) is 10.2. The molecule has 8 heteroatoms. The summed E-state index contributed by atoms with van der Waals surface area (Å²) < 4.78 is 4.86. The van der Waals surface area contributed by atoms with Crippen LogP contribution >= 0.6 is 34.8 Å². The van der Waals surface area contributed by atoms with Gasteiger partial charge in [-0.3, -0.25) is 0 Å². The summed E-state index contributed by atoms with van der Waals surface area (Å²) in [6.45, 7) is 1.54. The Kier molecular flexibility index (Phi) is 8.88. The van der Waals surface area contributed by atoms with Crippen LogP contribution in [0.25, 0.3) is 0 Å². The van der Waals surface area contributed by atoms with Gasteiger partial charge in [0.2, 0.25) is 0 Å². The van der Waals surface area contributed by atoms with E-state index in [-0.39, 0.29) is 21.9 Å². The number of aliphatic carboxylic acids is 1. The van der Waals surface area contributed by atoms with Crippen molar-refractivity contribution in [3.05, 3.63) is 27.2 Å². The number of hydrogen-bond donors (Lipinski definition) is 3. The summed E-state index contributed by atoms with van der Waals surface area (Å²) in [6, 6.07) is 2.76. The Morgan fingerprint density at radius 1 is 1.32 bits per heavy atom. The molecular formula is C11H14Cl3NO4. The summed E-state index contributed by atoms with van der Waals surface area (Å²) >= 11 is 17.1. The van der Waals surface area contributed by atoms with Gasteiger partial charge < -0.3 is 20.7 Å². The molecule has 19 heavy (non-hydrogen) atoms. The first-order valence-corrected chi connectivity index (χ1v) is 6.28. The zero-order valence-electron chi connectivity index (χ0n) is 10.1. The van der Waals surface area contributed by atoms with Crippen LogP contribution in [0.4, 0.5) is 0 Å². The summed E-state index contributed by atoms with van der Waals surface area (Å²) in [5.74, 6) is -0.893. The zero-order chi connectivity index (χ0) is 15.0. The maximum absolute atomic E-state index is 10.2. The molecule has 1 atom stereocenters. The molecule has 0 aliphatic carbocycles. The number of hydrogen-bond acceptors (Lipinski definition) is 4. The van der Waals surface area contributed by atoms with E-state index < -0.39 is 12.6 Å². The van der Waals surface area contributed by atoms with Gasteiger partial charge in [0, 0.05) is 12.6 Å². The molecule has 0 fully saturated rings. The predicted octanol–water partition coefficient (Wildman–Crippen LogP) is 2.44. The average Bonchev–Trinajstić information content (AvgIpc) is 2.32. The SMILES string of the molecule is CC(O)CN.O=C(O)COc1cc(Cl)c(Cl)cc1Cl. The molecule has 0 heterocycles. The third-order valence-corrected chi connectivity index (χ3v) is 2.68. The molecule has 0 aliphatic rings. The van der Waals surface area contributed by atoms with Crippen molar-refractivity contribution in [3.63, 3.8) is 0 Å². The third kappa shape index (κ3) is 8.13. The first kappa shape index (κ1) is 18.3. The van der Waals surface area contributed by atoms with Crippen molar-refractivity contribution in [2.45, 2.75) is 13.0 Å². The van der Waals surface area contributed by atoms with Crippen molar-refractivity contribution in [2.75, 3.05) is 13.2 Å². The summed E-state index contributed by atoms with van der Waals surface area (Å²) in [7, 11) is 0. The number of aliphatic hydroxyl groups is 1.